The smallest absolute Gasteiger partial charge is 0.293 e. The fraction of sp³-hybridized carbons (Fsp3) is 0.423. The number of rotatable bonds is 10. The van der Waals surface area contributed by atoms with Gasteiger partial charge in [0.05, 0.1) is 11.1 Å². The number of nitrogens with one attached hydrogen (secondary N) is 1. The molecule has 0 spiro atoms. The van der Waals surface area contributed by atoms with Crippen molar-refractivity contribution < 1.29 is 14.3 Å². The van der Waals surface area contributed by atoms with E-state index in [2.05, 4.69) is 22.2 Å². The molecule has 1 fully saturated rings. The molecule has 3 N–H and O–H groups in total. The summed E-state index contributed by atoms with van der Waals surface area (Å²) in [6.45, 7) is 4.68. The monoisotopic (exact) mass is 506 g/mol. The molecule has 36 heavy (non-hydrogen) atoms. The van der Waals surface area contributed by atoms with Crippen molar-refractivity contribution in [2.24, 2.45) is 5.73 Å². The van der Waals surface area contributed by atoms with Crippen LogP contribution in [0.2, 0.25) is 0 Å². The maximum absolute atomic E-state index is 12.5. The third-order valence-corrected chi connectivity index (χ3v) is 7.19. The highest BCUT2D eigenvalue weighted by Gasteiger charge is 2.33. The predicted octanol–water partition coefficient (Wildman–Crippen LogP) is 2.66. The molecule has 2 aromatic rings. The van der Waals surface area contributed by atoms with E-state index in [1.807, 2.05) is 42.2 Å². The van der Waals surface area contributed by atoms with Gasteiger partial charge in [-0.1, -0.05) is 37.3 Å². The van der Waals surface area contributed by atoms with Crippen LogP contribution in [0.25, 0.3) is 0 Å². The molecule has 1 aliphatic heterocycles. The first-order valence-electron chi connectivity index (χ1n) is 11.8. The van der Waals surface area contributed by atoms with E-state index < -0.39 is 5.54 Å². The molecule has 0 saturated carbocycles. The predicted molar refractivity (Wildman–Crippen MR) is 137 cm³/mol. The van der Waals surface area contributed by atoms with Gasteiger partial charge in [-0.3, -0.25) is 9.59 Å². The Morgan fingerprint density at radius 3 is 2.53 bits per heavy atom. The maximum atomic E-state index is 12.5. The lowest BCUT2D eigenvalue weighted by Gasteiger charge is -2.35. The summed E-state index contributed by atoms with van der Waals surface area (Å²) in [7, 11) is 0. The average molecular weight is 507 g/mol. The molecular weight excluding hydrogens is 476 g/mol. The second kappa shape index (κ2) is 12.4. The highest BCUT2D eigenvalue weighted by atomic mass is 32.2. The van der Waals surface area contributed by atoms with Crippen molar-refractivity contribution >= 4 is 30.0 Å². The number of amides is 1. The minimum absolute atomic E-state index is 0.102. The second-order valence-electron chi connectivity index (χ2n) is 8.88. The molecule has 1 aliphatic rings. The third kappa shape index (κ3) is 6.34. The zero-order valence-corrected chi connectivity index (χ0v) is 21.3. The lowest BCUT2D eigenvalue weighted by Crippen LogP contribution is -2.58. The first-order valence-corrected chi connectivity index (χ1v) is 12.8. The summed E-state index contributed by atoms with van der Waals surface area (Å²) in [5.74, 6) is 0.859. The van der Waals surface area contributed by atoms with E-state index >= 15 is 0 Å². The first-order chi connectivity index (χ1) is 17.3. The highest BCUT2D eigenvalue weighted by molar-refractivity contribution is 7.98. The Labute approximate surface area is 215 Å². The van der Waals surface area contributed by atoms with E-state index in [0.29, 0.717) is 65.6 Å². The topological polar surface area (TPSA) is 145 Å². The van der Waals surface area contributed by atoms with Gasteiger partial charge in [-0.25, -0.2) is 4.98 Å². The van der Waals surface area contributed by atoms with Crippen molar-refractivity contribution in [3.8, 4) is 12.1 Å². The Morgan fingerprint density at radius 2 is 1.94 bits per heavy atom. The zero-order valence-electron chi connectivity index (χ0n) is 20.5. The summed E-state index contributed by atoms with van der Waals surface area (Å²) in [4.78, 5) is 29.8. The van der Waals surface area contributed by atoms with Gasteiger partial charge in [0.15, 0.2) is 0 Å². The van der Waals surface area contributed by atoms with Crippen LogP contribution in [0.15, 0.2) is 35.4 Å². The van der Waals surface area contributed by atoms with Gasteiger partial charge < -0.3 is 20.7 Å². The van der Waals surface area contributed by atoms with Gasteiger partial charge in [0, 0.05) is 24.9 Å². The number of nitrogens with zero attached hydrogens (tertiary/aromatic N) is 4. The van der Waals surface area contributed by atoms with E-state index in [1.54, 1.807) is 0 Å². The number of hydrogen-bond acceptors (Lipinski definition) is 9. The van der Waals surface area contributed by atoms with E-state index in [0.717, 1.165) is 5.56 Å². The number of ether oxygens (including phenoxy) is 1. The Morgan fingerprint density at radius 1 is 1.28 bits per heavy atom. The van der Waals surface area contributed by atoms with Crippen LogP contribution in [0, 0.1) is 22.7 Å². The van der Waals surface area contributed by atoms with Crippen LogP contribution in [0.3, 0.4) is 0 Å². The molecule has 188 valence electrons. The fourth-order valence-electron chi connectivity index (χ4n) is 4.10. The van der Waals surface area contributed by atoms with Crippen molar-refractivity contribution in [3.63, 3.8) is 0 Å². The summed E-state index contributed by atoms with van der Waals surface area (Å²) in [6, 6.07) is 14.4. The molecule has 10 heteroatoms. The molecule has 3 rings (SSSR count). The normalized spacial score (nSPS) is 15.3. The highest BCUT2D eigenvalue weighted by Crippen LogP contribution is 2.34. The van der Waals surface area contributed by atoms with Crippen LogP contribution in [0.5, 0.6) is 0 Å². The van der Waals surface area contributed by atoms with Crippen LogP contribution in [0.1, 0.15) is 48.9 Å². The summed E-state index contributed by atoms with van der Waals surface area (Å²) in [6.07, 6.45) is 1.82. The molecule has 0 bridgehead atoms. The standard InChI is InChI=1S/C26H30N6O3S/c1-3-20-21(13-27)23(31-24(22(20)14-28)36-15-18-7-5-4-6-8-18)32-11-9-19(10-12-32)30-25(34)26(2,29)16-35-17-33/h4-8,17,19H,3,9-12,15-16,29H2,1-2H3,(H,30,34). The average Bonchev–Trinajstić information content (AvgIpc) is 2.90. The number of hydrogen-bond donors (Lipinski definition) is 2. The lowest BCUT2D eigenvalue weighted by atomic mass is 9.98. The molecule has 0 aliphatic carbocycles. The van der Waals surface area contributed by atoms with Gasteiger partial charge >= 0.3 is 0 Å². The number of piperidine rings is 1. The van der Waals surface area contributed by atoms with Crippen molar-refractivity contribution in [2.75, 3.05) is 24.6 Å². The van der Waals surface area contributed by atoms with Crippen molar-refractivity contribution in [1.29, 1.82) is 10.5 Å². The molecule has 9 nitrogen and oxygen atoms in total. The van der Waals surface area contributed by atoms with E-state index in [4.69, 9.17) is 10.7 Å². The minimum Gasteiger partial charge on any atom is -0.465 e. The molecule has 2 heterocycles. The van der Waals surface area contributed by atoms with E-state index in [1.165, 1.54) is 18.7 Å². The molecular formula is C26H30N6O3S. The van der Waals surface area contributed by atoms with Gasteiger partial charge in [0.2, 0.25) is 5.91 Å². The van der Waals surface area contributed by atoms with E-state index in [-0.39, 0.29) is 25.0 Å². The van der Waals surface area contributed by atoms with Gasteiger partial charge in [-0.15, -0.1) is 11.8 Å². The quantitative estimate of drug-likeness (QED) is 0.367. The molecule has 0 radical (unpaired) electrons. The Bertz CT molecular complexity index is 1160. The lowest BCUT2D eigenvalue weighted by molar-refractivity contribution is -0.135. The summed E-state index contributed by atoms with van der Waals surface area (Å²) >= 11 is 1.49. The van der Waals surface area contributed by atoms with E-state index in [9.17, 15) is 20.1 Å². The Hall–Kier alpha value is -3.60. The molecule has 1 aromatic heterocycles. The van der Waals surface area contributed by atoms with Crippen LogP contribution in [-0.4, -0.2) is 48.6 Å². The number of pyridine rings is 1. The number of nitrogens with two attached hydrogens (primary N) is 1. The molecule has 1 aromatic carbocycles. The number of carbonyl (C=O) groups excluding carboxylic acids is 2. The third-order valence-electron chi connectivity index (χ3n) is 6.14. The van der Waals surface area contributed by atoms with Crippen LogP contribution < -0.4 is 16.0 Å². The number of benzene rings is 1. The van der Waals surface area contributed by atoms with Crippen molar-refractivity contribution in [1.82, 2.24) is 10.3 Å². The Balaban J connectivity index is 1.78. The second-order valence-corrected chi connectivity index (χ2v) is 9.84. The van der Waals surface area contributed by atoms with Crippen LogP contribution in [-0.2, 0) is 26.5 Å². The van der Waals surface area contributed by atoms with Gasteiger partial charge in [-0.05, 0) is 37.3 Å². The Kier molecular flexibility index (Phi) is 9.29. The SMILES string of the molecule is CCc1c(C#N)c(SCc2ccccc2)nc(N2CCC(NC(=O)C(C)(N)COC=O)CC2)c1C#N. The van der Waals surface area contributed by atoms with Crippen LogP contribution >= 0.6 is 11.8 Å². The summed E-state index contributed by atoms with van der Waals surface area (Å²) in [5, 5.41) is 23.4. The van der Waals surface area contributed by atoms with Gasteiger partial charge in [0.1, 0.15) is 35.1 Å². The maximum Gasteiger partial charge on any atom is 0.293 e. The number of carbonyl (C=O) groups is 2. The van der Waals surface area contributed by atoms with Crippen molar-refractivity contribution in [2.45, 2.75) is 55.5 Å². The van der Waals surface area contributed by atoms with Gasteiger partial charge in [-0.2, -0.15) is 10.5 Å². The number of anilines is 1. The summed E-state index contributed by atoms with van der Waals surface area (Å²) < 4.78 is 4.67. The minimum atomic E-state index is -1.32. The van der Waals surface area contributed by atoms with Gasteiger partial charge in [0.25, 0.3) is 6.47 Å². The summed E-state index contributed by atoms with van der Waals surface area (Å²) in [5.41, 5.74) is 7.40. The largest absolute Gasteiger partial charge is 0.465 e. The molecule has 1 saturated heterocycles. The fourth-order valence-corrected chi connectivity index (χ4v) is 5.06. The first kappa shape index (κ1) is 27.0. The number of thioether (sulfide) groups is 1. The zero-order chi connectivity index (χ0) is 26.1. The molecule has 1 atom stereocenters. The number of aromatic nitrogens is 1. The molecule has 1 unspecified atom stereocenters. The molecule has 1 amide bonds. The number of nitriles is 2. The van der Waals surface area contributed by atoms with Crippen LogP contribution in [0.4, 0.5) is 5.82 Å². The van der Waals surface area contributed by atoms with Crippen molar-refractivity contribution in [3.05, 3.63) is 52.6 Å².